The molecule has 1 aromatic heterocycles. The molecule has 126 valence electrons. The minimum absolute atomic E-state index is 0.569. The molecule has 2 heterocycles. The van der Waals surface area contributed by atoms with Gasteiger partial charge in [-0.2, -0.15) is 0 Å². The van der Waals surface area contributed by atoms with Crippen molar-refractivity contribution in [1.82, 2.24) is 9.97 Å². The van der Waals surface area contributed by atoms with E-state index in [1.165, 1.54) is 16.8 Å². The third-order valence-electron chi connectivity index (χ3n) is 4.54. The number of fused-ring (bicyclic) bond motifs is 1. The van der Waals surface area contributed by atoms with Gasteiger partial charge in [-0.25, -0.2) is 9.97 Å². The van der Waals surface area contributed by atoms with E-state index in [-0.39, 0.29) is 0 Å². The summed E-state index contributed by atoms with van der Waals surface area (Å²) in [5, 5.41) is 3.30. The molecule has 5 nitrogen and oxygen atoms in total. The monoisotopic (exact) mass is 331 g/mol. The van der Waals surface area contributed by atoms with Gasteiger partial charge in [-0.05, 0) is 43.5 Å². The number of nitrogens with zero attached hydrogens (tertiary/aromatic N) is 3. The Kier molecular flexibility index (Phi) is 3.98. The minimum Gasteiger partial charge on any atom is -0.393 e. The summed E-state index contributed by atoms with van der Waals surface area (Å²) in [5.41, 5.74) is 11.7. The van der Waals surface area contributed by atoms with Gasteiger partial charge in [0.2, 0.25) is 0 Å². The van der Waals surface area contributed by atoms with E-state index < -0.39 is 0 Å². The summed E-state index contributed by atoms with van der Waals surface area (Å²) in [7, 11) is 0. The van der Waals surface area contributed by atoms with Crippen LogP contribution in [0.25, 0.3) is 0 Å². The number of aryl methyl sites for hydroxylation is 2. The SMILES string of the molecule is Cc1ccc(Nc2ncnc(N3CCCc4ccccc43)c2N)cc1. The quantitative estimate of drug-likeness (QED) is 0.753. The molecule has 3 aromatic rings. The lowest BCUT2D eigenvalue weighted by atomic mass is 10.0. The molecule has 1 aliphatic rings. The number of benzene rings is 2. The number of nitrogens with one attached hydrogen (secondary N) is 1. The molecule has 1 aliphatic heterocycles. The Morgan fingerprint density at radius 2 is 1.84 bits per heavy atom. The predicted octanol–water partition coefficient (Wildman–Crippen LogP) is 4.20. The Bertz CT molecular complexity index is 889. The Labute approximate surface area is 147 Å². The number of anilines is 5. The van der Waals surface area contributed by atoms with Gasteiger partial charge in [-0.3, -0.25) is 0 Å². The van der Waals surface area contributed by atoms with E-state index in [4.69, 9.17) is 5.73 Å². The molecule has 0 unspecified atom stereocenters. The molecule has 0 fully saturated rings. The zero-order valence-electron chi connectivity index (χ0n) is 14.2. The Morgan fingerprint density at radius 1 is 1.04 bits per heavy atom. The fourth-order valence-corrected chi connectivity index (χ4v) is 3.23. The van der Waals surface area contributed by atoms with Gasteiger partial charge in [-0.1, -0.05) is 35.9 Å². The molecular weight excluding hydrogens is 310 g/mol. The van der Waals surface area contributed by atoms with Gasteiger partial charge in [0.1, 0.15) is 12.0 Å². The largest absolute Gasteiger partial charge is 0.393 e. The zero-order chi connectivity index (χ0) is 17.2. The van der Waals surface area contributed by atoms with E-state index in [1.54, 1.807) is 6.33 Å². The number of nitrogen functional groups attached to an aromatic ring is 1. The highest BCUT2D eigenvalue weighted by atomic mass is 15.2. The number of nitrogens with two attached hydrogens (primary N) is 1. The van der Waals surface area contributed by atoms with Crippen molar-refractivity contribution in [1.29, 1.82) is 0 Å². The Morgan fingerprint density at radius 3 is 2.68 bits per heavy atom. The number of para-hydroxylation sites is 1. The first-order valence-electron chi connectivity index (χ1n) is 8.52. The second kappa shape index (κ2) is 6.43. The molecule has 0 atom stereocenters. The Hall–Kier alpha value is -3.08. The summed E-state index contributed by atoms with van der Waals surface area (Å²) in [5.74, 6) is 1.40. The lowest BCUT2D eigenvalue weighted by molar-refractivity contribution is 0.759. The normalized spacial score (nSPS) is 13.4. The number of rotatable bonds is 3. The molecule has 3 N–H and O–H groups in total. The van der Waals surface area contributed by atoms with Gasteiger partial charge in [-0.15, -0.1) is 0 Å². The van der Waals surface area contributed by atoms with E-state index in [0.29, 0.717) is 11.5 Å². The number of hydrogen-bond donors (Lipinski definition) is 2. The molecular formula is C20H21N5. The van der Waals surface area contributed by atoms with Gasteiger partial charge in [0.25, 0.3) is 0 Å². The highest BCUT2D eigenvalue weighted by molar-refractivity contribution is 5.82. The van der Waals surface area contributed by atoms with E-state index >= 15 is 0 Å². The summed E-state index contributed by atoms with van der Waals surface area (Å²) >= 11 is 0. The van der Waals surface area contributed by atoms with E-state index in [2.05, 4.69) is 63.5 Å². The summed E-state index contributed by atoms with van der Waals surface area (Å²) in [6, 6.07) is 16.6. The van der Waals surface area contributed by atoms with Gasteiger partial charge in [0.05, 0.1) is 0 Å². The molecule has 0 aliphatic carbocycles. The summed E-state index contributed by atoms with van der Waals surface area (Å²) in [6.07, 6.45) is 3.74. The standard InChI is InChI=1S/C20H21N5/c1-14-8-10-16(11-9-14)24-19-18(21)20(23-13-22-19)25-12-4-6-15-5-2-3-7-17(15)25/h2-3,5,7-11,13H,4,6,12,21H2,1H3,(H,22,23,24). The van der Waals surface area contributed by atoms with E-state index in [9.17, 15) is 0 Å². The van der Waals surface area contributed by atoms with Crippen molar-refractivity contribution in [3.8, 4) is 0 Å². The molecule has 0 radical (unpaired) electrons. The van der Waals surface area contributed by atoms with Gasteiger partial charge < -0.3 is 16.0 Å². The van der Waals surface area contributed by atoms with Crippen molar-refractivity contribution in [2.75, 3.05) is 22.5 Å². The van der Waals surface area contributed by atoms with Gasteiger partial charge >= 0.3 is 0 Å². The number of aromatic nitrogens is 2. The molecule has 4 rings (SSSR count). The fraction of sp³-hybridized carbons (Fsp3) is 0.200. The van der Waals surface area contributed by atoms with Crippen molar-refractivity contribution in [3.63, 3.8) is 0 Å². The maximum atomic E-state index is 6.42. The third kappa shape index (κ3) is 3.01. The first-order chi connectivity index (χ1) is 12.2. The second-order valence-corrected chi connectivity index (χ2v) is 6.33. The lowest BCUT2D eigenvalue weighted by Gasteiger charge is -2.31. The van der Waals surface area contributed by atoms with Gasteiger partial charge in [0.15, 0.2) is 11.6 Å². The average Bonchev–Trinajstić information content (AvgIpc) is 2.65. The van der Waals surface area contributed by atoms with E-state index in [1.807, 2.05) is 12.1 Å². The van der Waals surface area contributed by atoms with Crippen LogP contribution in [0.5, 0.6) is 0 Å². The highest BCUT2D eigenvalue weighted by Gasteiger charge is 2.22. The predicted molar refractivity (Wildman–Crippen MR) is 103 cm³/mol. The topological polar surface area (TPSA) is 67.1 Å². The maximum Gasteiger partial charge on any atom is 0.161 e. The zero-order valence-corrected chi connectivity index (χ0v) is 14.2. The summed E-state index contributed by atoms with van der Waals surface area (Å²) in [6.45, 7) is 2.97. The van der Waals surface area contributed by atoms with Crippen LogP contribution in [0.4, 0.5) is 28.7 Å². The second-order valence-electron chi connectivity index (χ2n) is 6.33. The fourth-order valence-electron chi connectivity index (χ4n) is 3.23. The molecule has 0 saturated carbocycles. The van der Waals surface area contributed by atoms with Crippen molar-refractivity contribution in [2.45, 2.75) is 19.8 Å². The molecule has 0 saturated heterocycles. The first-order valence-corrected chi connectivity index (χ1v) is 8.52. The average molecular weight is 331 g/mol. The van der Waals surface area contributed by atoms with Crippen LogP contribution in [0.2, 0.25) is 0 Å². The van der Waals surface area contributed by atoms with Crippen LogP contribution < -0.4 is 16.0 Å². The van der Waals surface area contributed by atoms with E-state index in [0.717, 1.165) is 30.9 Å². The van der Waals surface area contributed by atoms with Crippen molar-refractivity contribution in [2.24, 2.45) is 0 Å². The van der Waals surface area contributed by atoms with Crippen molar-refractivity contribution in [3.05, 3.63) is 66.0 Å². The van der Waals surface area contributed by atoms with Crippen molar-refractivity contribution >= 4 is 28.7 Å². The molecule has 2 aromatic carbocycles. The van der Waals surface area contributed by atoms with Gasteiger partial charge in [0, 0.05) is 17.9 Å². The van der Waals surface area contributed by atoms with Crippen LogP contribution in [0.3, 0.4) is 0 Å². The molecule has 25 heavy (non-hydrogen) atoms. The maximum absolute atomic E-state index is 6.42. The van der Waals surface area contributed by atoms with Crippen LogP contribution >= 0.6 is 0 Å². The first kappa shape index (κ1) is 15.4. The lowest BCUT2D eigenvalue weighted by Crippen LogP contribution is -2.26. The number of hydrogen-bond acceptors (Lipinski definition) is 5. The molecule has 5 heteroatoms. The molecule has 0 amide bonds. The van der Waals surface area contributed by atoms with Crippen molar-refractivity contribution < 1.29 is 0 Å². The molecule has 0 spiro atoms. The summed E-state index contributed by atoms with van der Waals surface area (Å²) in [4.78, 5) is 11.0. The smallest absolute Gasteiger partial charge is 0.161 e. The van der Waals surface area contributed by atoms with Crippen LogP contribution in [0.15, 0.2) is 54.9 Å². The Balaban J connectivity index is 1.69. The van der Waals surface area contributed by atoms with Crippen LogP contribution in [0.1, 0.15) is 17.5 Å². The third-order valence-corrected chi connectivity index (χ3v) is 4.54. The molecule has 0 bridgehead atoms. The van der Waals surface area contributed by atoms with Crippen LogP contribution in [0, 0.1) is 6.92 Å². The minimum atomic E-state index is 0.569. The van der Waals surface area contributed by atoms with Crippen LogP contribution in [-0.4, -0.2) is 16.5 Å². The highest BCUT2D eigenvalue weighted by Crippen LogP contribution is 2.37. The van der Waals surface area contributed by atoms with Crippen LogP contribution in [-0.2, 0) is 6.42 Å². The summed E-state index contributed by atoms with van der Waals surface area (Å²) < 4.78 is 0.